The first-order valence-corrected chi connectivity index (χ1v) is 7.14. The Kier molecular flexibility index (Phi) is 4.91. The zero-order valence-electron chi connectivity index (χ0n) is 12.4. The summed E-state index contributed by atoms with van der Waals surface area (Å²) in [5, 5.41) is 3.45. The van der Waals surface area contributed by atoms with E-state index in [9.17, 15) is 4.39 Å². The van der Waals surface area contributed by atoms with Crippen LogP contribution in [-0.2, 0) is 6.42 Å². The maximum Gasteiger partial charge on any atom is 0.123 e. The molecule has 0 saturated carbocycles. The van der Waals surface area contributed by atoms with Crippen molar-refractivity contribution < 1.29 is 4.39 Å². The van der Waals surface area contributed by atoms with Crippen LogP contribution in [0.1, 0.15) is 35.2 Å². The monoisotopic (exact) mass is 271 g/mol. The third-order valence-corrected chi connectivity index (χ3v) is 3.44. The van der Waals surface area contributed by atoms with Gasteiger partial charge in [-0.25, -0.2) is 4.39 Å². The molecule has 0 aliphatic rings. The van der Waals surface area contributed by atoms with Crippen LogP contribution in [0.4, 0.5) is 4.39 Å². The van der Waals surface area contributed by atoms with Gasteiger partial charge in [0.1, 0.15) is 5.82 Å². The van der Waals surface area contributed by atoms with E-state index in [1.54, 1.807) is 12.1 Å². The van der Waals surface area contributed by atoms with Crippen molar-refractivity contribution in [1.29, 1.82) is 0 Å². The highest BCUT2D eigenvalue weighted by molar-refractivity contribution is 5.29. The molecule has 0 aromatic heterocycles. The lowest BCUT2D eigenvalue weighted by molar-refractivity contribution is 0.542. The molecule has 0 aliphatic carbocycles. The van der Waals surface area contributed by atoms with Crippen LogP contribution < -0.4 is 5.32 Å². The first kappa shape index (κ1) is 14.7. The normalized spacial score (nSPS) is 12.4. The van der Waals surface area contributed by atoms with Crippen LogP contribution in [0.15, 0.2) is 42.5 Å². The summed E-state index contributed by atoms with van der Waals surface area (Å²) >= 11 is 0. The van der Waals surface area contributed by atoms with E-state index in [-0.39, 0.29) is 11.9 Å². The second kappa shape index (κ2) is 6.67. The molecule has 2 aromatic rings. The van der Waals surface area contributed by atoms with E-state index >= 15 is 0 Å². The Balaban J connectivity index is 2.26. The lowest BCUT2D eigenvalue weighted by Gasteiger charge is -2.19. The van der Waals surface area contributed by atoms with Crippen LogP contribution in [0.3, 0.4) is 0 Å². The van der Waals surface area contributed by atoms with Crippen LogP contribution >= 0.6 is 0 Å². The van der Waals surface area contributed by atoms with E-state index < -0.39 is 0 Å². The molecular weight excluding hydrogens is 249 g/mol. The Morgan fingerprint density at radius 3 is 2.50 bits per heavy atom. The molecule has 1 nitrogen and oxygen atoms in total. The fraction of sp³-hybridized carbons (Fsp3) is 0.333. The first-order valence-electron chi connectivity index (χ1n) is 7.14. The molecule has 0 heterocycles. The van der Waals surface area contributed by atoms with Gasteiger partial charge in [0.2, 0.25) is 0 Å². The van der Waals surface area contributed by atoms with Gasteiger partial charge in [0.15, 0.2) is 0 Å². The highest BCUT2D eigenvalue weighted by Crippen LogP contribution is 2.21. The molecule has 0 saturated heterocycles. The molecule has 2 rings (SSSR count). The van der Waals surface area contributed by atoms with Gasteiger partial charge in [0, 0.05) is 6.04 Å². The van der Waals surface area contributed by atoms with E-state index in [4.69, 9.17) is 0 Å². The molecule has 106 valence electrons. The number of likely N-dealkylation sites (N-methyl/N-ethyl adjacent to an activating group) is 1. The van der Waals surface area contributed by atoms with E-state index in [0.29, 0.717) is 0 Å². The molecule has 1 N–H and O–H groups in total. The van der Waals surface area contributed by atoms with Gasteiger partial charge in [-0.15, -0.1) is 0 Å². The van der Waals surface area contributed by atoms with E-state index in [2.05, 4.69) is 49.5 Å². The van der Waals surface area contributed by atoms with Crippen LogP contribution in [-0.4, -0.2) is 6.54 Å². The molecule has 0 amide bonds. The molecule has 0 fully saturated rings. The predicted molar refractivity (Wildman–Crippen MR) is 82.4 cm³/mol. The van der Waals surface area contributed by atoms with Crippen LogP contribution in [0.2, 0.25) is 0 Å². The van der Waals surface area contributed by atoms with Crippen LogP contribution in [0.25, 0.3) is 0 Å². The fourth-order valence-corrected chi connectivity index (χ4v) is 2.59. The highest BCUT2D eigenvalue weighted by Gasteiger charge is 2.12. The number of rotatable bonds is 5. The third-order valence-electron chi connectivity index (χ3n) is 3.44. The Morgan fingerprint density at radius 2 is 1.85 bits per heavy atom. The first-order chi connectivity index (χ1) is 9.58. The van der Waals surface area contributed by atoms with Gasteiger partial charge < -0.3 is 5.32 Å². The minimum absolute atomic E-state index is 0.149. The van der Waals surface area contributed by atoms with Crippen molar-refractivity contribution >= 4 is 0 Å². The minimum atomic E-state index is -0.160. The van der Waals surface area contributed by atoms with Crippen LogP contribution in [0, 0.1) is 19.7 Å². The number of aryl methyl sites for hydroxylation is 2. The third kappa shape index (κ3) is 3.91. The SMILES string of the molecule is CCNC(Cc1cccc(C)c1)c1cc(C)cc(F)c1. The maximum atomic E-state index is 13.6. The van der Waals surface area contributed by atoms with Crippen molar-refractivity contribution in [3.8, 4) is 0 Å². The van der Waals surface area contributed by atoms with Gasteiger partial charge in [-0.2, -0.15) is 0 Å². The molecule has 0 aliphatic heterocycles. The summed E-state index contributed by atoms with van der Waals surface area (Å²) in [6.07, 6.45) is 0.873. The smallest absolute Gasteiger partial charge is 0.123 e. The zero-order chi connectivity index (χ0) is 14.5. The number of benzene rings is 2. The average Bonchev–Trinajstić information content (AvgIpc) is 2.37. The van der Waals surface area contributed by atoms with Gasteiger partial charge in [-0.3, -0.25) is 0 Å². The number of halogens is 1. The van der Waals surface area contributed by atoms with Crippen molar-refractivity contribution in [2.75, 3.05) is 6.54 Å². The molecule has 1 atom stereocenters. The van der Waals surface area contributed by atoms with E-state index in [1.807, 2.05) is 6.92 Å². The summed E-state index contributed by atoms with van der Waals surface area (Å²) in [5.41, 5.74) is 4.52. The fourth-order valence-electron chi connectivity index (χ4n) is 2.59. The van der Waals surface area contributed by atoms with Gasteiger partial charge in [-0.05, 0) is 55.6 Å². The summed E-state index contributed by atoms with van der Waals surface area (Å²) in [4.78, 5) is 0. The van der Waals surface area contributed by atoms with Crippen molar-refractivity contribution in [2.24, 2.45) is 0 Å². The van der Waals surface area contributed by atoms with Gasteiger partial charge in [0.05, 0.1) is 0 Å². The summed E-state index contributed by atoms with van der Waals surface area (Å²) < 4.78 is 13.6. The molecule has 20 heavy (non-hydrogen) atoms. The molecule has 1 unspecified atom stereocenters. The van der Waals surface area contributed by atoms with Crippen LogP contribution in [0.5, 0.6) is 0 Å². The second-order valence-electron chi connectivity index (χ2n) is 5.37. The molecule has 0 bridgehead atoms. The summed E-state index contributed by atoms with van der Waals surface area (Å²) in [6.45, 7) is 6.97. The Bertz CT molecular complexity index is 557. The molecule has 0 radical (unpaired) electrons. The average molecular weight is 271 g/mol. The standard InChI is InChI=1S/C18H22FN/c1-4-20-18(11-15-7-5-6-13(2)8-15)16-9-14(3)10-17(19)12-16/h5-10,12,18,20H,4,11H2,1-3H3. The van der Waals surface area contributed by atoms with Crippen molar-refractivity contribution in [1.82, 2.24) is 5.32 Å². The predicted octanol–water partition coefficient (Wildman–Crippen LogP) is 4.34. The minimum Gasteiger partial charge on any atom is -0.310 e. The summed E-state index contributed by atoms with van der Waals surface area (Å²) in [6, 6.07) is 13.9. The molecule has 0 spiro atoms. The quantitative estimate of drug-likeness (QED) is 0.853. The highest BCUT2D eigenvalue weighted by atomic mass is 19.1. The van der Waals surface area contributed by atoms with E-state index in [0.717, 1.165) is 24.1 Å². The van der Waals surface area contributed by atoms with Crippen molar-refractivity contribution in [3.63, 3.8) is 0 Å². The number of hydrogen-bond donors (Lipinski definition) is 1. The Morgan fingerprint density at radius 1 is 1.05 bits per heavy atom. The second-order valence-corrected chi connectivity index (χ2v) is 5.37. The van der Waals surface area contributed by atoms with Crippen molar-refractivity contribution in [2.45, 2.75) is 33.2 Å². The zero-order valence-corrected chi connectivity index (χ0v) is 12.4. The summed E-state index contributed by atoms with van der Waals surface area (Å²) in [7, 11) is 0. The molecular formula is C18H22FN. The van der Waals surface area contributed by atoms with Crippen molar-refractivity contribution in [3.05, 3.63) is 70.5 Å². The lowest BCUT2D eigenvalue weighted by atomic mass is 9.96. The van der Waals surface area contributed by atoms with Gasteiger partial charge in [-0.1, -0.05) is 42.8 Å². The van der Waals surface area contributed by atoms with E-state index in [1.165, 1.54) is 11.1 Å². The number of hydrogen-bond acceptors (Lipinski definition) is 1. The van der Waals surface area contributed by atoms with Gasteiger partial charge in [0.25, 0.3) is 0 Å². The topological polar surface area (TPSA) is 12.0 Å². The summed E-state index contributed by atoms with van der Waals surface area (Å²) in [5.74, 6) is -0.160. The molecule has 2 heteroatoms. The Labute approximate surface area is 120 Å². The largest absolute Gasteiger partial charge is 0.310 e. The lowest BCUT2D eigenvalue weighted by Crippen LogP contribution is -2.23. The number of nitrogens with one attached hydrogen (secondary N) is 1. The molecule has 2 aromatic carbocycles. The Hall–Kier alpha value is -1.67. The van der Waals surface area contributed by atoms with Gasteiger partial charge >= 0.3 is 0 Å². The maximum absolute atomic E-state index is 13.6.